The highest BCUT2D eigenvalue weighted by Gasteiger charge is 2.20. The number of hydrogen-bond donors (Lipinski definition) is 0. The molecule has 0 aliphatic carbocycles. The highest BCUT2D eigenvalue weighted by molar-refractivity contribution is 8.00. The van der Waals surface area contributed by atoms with Gasteiger partial charge < -0.3 is 4.74 Å². The van der Waals surface area contributed by atoms with Crippen molar-refractivity contribution in [3.63, 3.8) is 0 Å². The summed E-state index contributed by atoms with van der Waals surface area (Å²) in [7, 11) is 1.38. The fraction of sp³-hybridized carbons (Fsp3) is 0.357. The Morgan fingerprint density at radius 1 is 1.35 bits per heavy atom. The Morgan fingerprint density at radius 2 is 2.10 bits per heavy atom. The molecule has 2 rings (SSSR count). The molecule has 0 radical (unpaired) electrons. The highest BCUT2D eigenvalue weighted by atomic mass is 32.2. The molecular weight excluding hydrogens is 274 g/mol. The number of aromatic nitrogens is 3. The van der Waals surface area contributed by atoms with Crippen LogP contribution in [0.4, 0.5) is 0 Å². The summed E-state index contributed by atoms with van der Waals surface area (Å²) in [6, 6.07) is 8.08. The van der Waals surface area contributed by atoms with Crippen molar-refractivity contribution in [2.75, 3.05) is 7.11 Å². The van der Waals surface area contributed by atoms with Crippen LogP contribution in [0.1, 0.15) is 18.3 Å². The lowest BCUT2D eigenvalue weighted by molar-refractivity contribution is -0.139. The molecule has 0 aliphatic heterocycles. The van der Waals surface area contributed by atoms with E-state index in [2.05, 4.69) is 16.3 Å². The van der Waals surface area contributed by atoms with Gasteiger partial charge in [-0.05, 0) is 38.5 Å². The Balaban J connectivity index is 2.35. The van der Waals surface area contributed by atoms with Gasteiger partial charge in [0.1, 0.15) is 11.1 Å². The van der Waals surface area contributed by atoms with Gasteiger partial charge >= 0.3 is 5.97 Å². The topological polar surface area (TPSA) is 57.0 Å². The largest absolute Gasteiger partial charge is 0.468 e. The number of carbonyl (C=O) groups is 1. The van der Waals surface area contributed by atoms with Crippen molar-refractivity contribution < 1.29 is 9.53 Å². The van der Waals surface area contributed by atoms with Crippen LogP contribution in [0, 0.1) is 13.8 Å². The van der Waals surface area contributed by atoms with Crippen molar-refractivity contribution >= 4 is 17.7 Å². The maximum absolute atomic E-state index is 11.5. The van der Waals surface area contributed by atoms with E-state index < -0.39 is 0 Å². The van der Waals surface area contributed by atoms with Gasteiger partial charge in [0.25, 0.3) is 0 Å². The Morgan fingerprint density at radius 3 is 2.75 bits per heavy atom. The molecule has 0 spiro atoms. The van der Waals surface area contributed by atoms with Crippen LogP contribution in [0.15, 0.2) is 29.4 Å². The van der Waals surface area contributed by atoms with Gasteiger partial charge in [-0.25, -0.2) is 0 Å². The third-order valence-electron chi connectivity index (χ3n) is 2.87. The summed E-state index contributed by atoms with van der Waals surface area (Å²) in [4.78, 5) is 11.5. The Labute approximate surface area is 122 Å². The SMILES string of the molecule is COC(=O)[C@H](C)Sc1nnc(C)n1-c1cccc(C)c1. The first-order valence-electron chi connectivity index (χ1n) is 6.26. The van der Waals surface area contributed by atoms with Crippen LogP contribution in [0.2, 0.25) is 0 Å². The minimum Gasteiger partial charge on any atom is -0.468 e. The molecule has 1 aromatic heterocycles. The van der Waals surface area contributed by atoms with Crippen molar-refractivity contribution in [3.8, 4) is 5.69 Å². The Kier molecular flexibility index (Phi) is 4.44. The van der Waals surface area contributed by atoms with E-state index in [-0.39, 0.29) is 11.2 Å². The smallest absolute Gasteiger partial charge is 0.318 e. The van der Waals surface area contributed by atoms with Crippen LogP contribution in [0.3, 0.4) is 0 Å². The fourth-order valence-corrected chi connectivity index (χ4v) is 2.80. The minimum atomic E-state index is -0.327. The number of esters is 1. The molecule has 0 saturated heterocycles. The zero-order valence-electron chi connectivity index (χ0n) is 12.0. The lowest BCUT2D eigenvalue weighted by Crippen LogP contribution is -2.15. The molecule has 106 valence electrons. The molecule has 0 bridgehead atoms. The average Bonchev–Trinajstić information content (AvgIpc) is 2.78. The number of aryl methyl sites for hydroxylation is 2. The lowest BCUT2D eigenvalue weighted by Gasteiger charge is -2.11. The zero-order chi connectivity index (χ0) is 14.7. The monoisotopic (exact) mass is 291 g/mol. The Hall–Kier alpha value is -1.82. The molecule has 0 N–H and O–H groups in total. The number of thioether (sulfide) groups is 1. The molecule has 0 saturated carbocycles. The van der Waals surface area contributed by atoms with Crippen molar-refractivity contribution in [1.82, 2.24) is 14.8 Å². The molecule has 0 aliphatic rings. The molecule has 1 aromatic carbocycles. The normalized spacial score (nSPS) is 12.2. The number of benzene rings is 1. The van der Waals surface area contributed by atoms with E-state index in [1.54, 1.807) is 6.92 Å². The summed E-state index contributed by atoms with van der Waals surface area (Å²) in [6.07, 6.45) is 0. The van der Waals surface area contributed by atoms with E-state index in [4.69, 9.17) is 4.74 Å². The highest BCUT2D eigenvalue weighted by Crippen LogP contribution is 2.26. The standard InChI is InChI=1S/C14H17N3O2S/c1-9-6-5-7-12(8-9)17-11(3)15-16-14(17)20-10(2)13(18)19-4/h5-8,10H,1-4H3/t10-/m0/s1. The molecule has 1 heterocycles. The second-order valence-electron chi connectivity index (χ2n) is 4.49. The van der Waals surface area contributed by atoms with E-state index in [9.17, 15) is 4.79 Å². The number of ether oxygens (including phenoxy) is 1. The van der Waals surface area contributed by atoms with Gasteiger partial charge in [-0.2, -0.15) is 0 Å². The summed E-state index contributed by atoms with van der Waals surface area (Å²) in [5, 5.41) is 8.61. The van der Waals surface area contributed by atoms with Crippen LogP contribution in [-0.4, -0.2) is 33.1 Å². The van der Waals surface area contributed by atoms with Crippen LogP contribution in [-0.2, 0) is 9.53 Å². The van der Waals surface area contributed by atoms with Crippen LogP contribution in [0.5, 0.6) is 0 Å². The average molecular weight is 291 g/mol. The van der Waals surface area contributed by atoms with Gasteiger partial charge in [0, 0.05) is 5.69 Å². The lowest BCUT2D eigenvalue weighted by atomic mass is 10.2. The number of nitrogens with zero attached hydrogens (tertiary/aromatic N) is 3. The van der Waals surface area contributed by atoms with E-state index in [1.807, 2.05) is 36.6 Å². The summed E-state index contributed by atoms with van der Waals surface area (Å²) in [5.41, 5.74) is 2.15. The number of hydrogen-bond acceptors (Lipinski definition) is 5. The second-order valence-corrected chi connectivity index (χ2v) is 5.80. The molecule has 5 nitrogen and oxygen atoms in total. The summed E-state index contributed by atoms with van der Waals surface area (Å²) in [6.45, 7) is 5.72. The van der Waals surface area contributed by atoms with Crippen molar-refractivity contribution in [1.29, 1.82) is 0 Å². The van der Waals surface area contributed by atoms with Crippen LogP contribution >= 0.6 is 11.8 Å². The Bertz CT molecular complexity index is 625. The van der Waals surface area contributed by atoms with Gasteiger partial charge in [0.15, 0.2) is 5.16 Å². The third kappa shape index (κ3) is 3.01. The first-order valence-corrected chi connectivity index (χ1v) is 7.14. The zero-order valence-corrected chi connectivity index (χ0v) is 12.8. The van der Waals surface area contributed by atoms with E-state index in [1.165, 1.54) is 18.9 Å². The maximum Gasteiger partial charge on any atom is 0.318 e. The minimum absolute atomic E-state index is 0.272. The van der Waals surface area contributed by atoms with E-state index in [0.717, 1.165) is 17.1 Å². The van der Waals surface area contributed by atoms with Gasteiger partial charge in [-0.3, -0.25) is 9.36 Å². The maximum atomic E-state index is 11.5. The van der Waals surface area contributed by atoms with Gasteiger partial charge in [-0.1, -0.05) is 23.9 Å². The second kappa shape index (κ2) is 6.09. The van der Waals surface area contributed by atoms with Crippen molar-refractivity contribution in [3.05, 3.63) is 35.7 Å². The van der Waals surface area contributed by atoms with Gasteiger partial charge in [0.2, 0.25) is 0 Å². The molecule has 0 fully saturated rings. The number of rotatable bonds is 4. The van der Waals surface area contributed by atoms with Crippen LogP contribution < -0.4 is 0 Å². The number of methoxy groups -OCH3 is 1. The molecule has 1 atom stereocenters. The van der Waals surface area contributed by atoms with Gasteiger partial charge in [-0.15, -0.1) is 10.2 Å². The quantitative estimate of drug-likeness (QED) is 0.640. The number of carbonyl (C=O) groups excluding carboxylic acids is 1. The predicted octanol–water partition coefficient (Wildman–Crippen LogP) is 2.54. The van der Waals surface area contributed by atoms with Crippen LogP contribution in [0.25, 0.3) is 5.69 Å². The molecule has 0 unspecified atom stereocenters. The molecule has 6 heteroatoms. The summed E-state index contributed by atoms with van der Waals surface area (Å²) < 4.78 is 6.68. The predicted molar refractivity (Wildman–Crippen MR) is 78.2 cm³/mol. The molecule has 2 aromatic rings. The summed E-state index contributed by atoms with van der Waals surface area (Å²) >= 11 is 1.34. The fourth-order valence-electron chi connectivity index (χ4n) is 1.86. The van der Waals surface area contributed by atoms with Crippen molar-refractivity contribution in [2.24, 2.45) is 0 Å². The molecular formula is C14H17N3O2S. The molecule has 0 amide bonds. The van der Waals surface area contributed by atoms with E-state index in [0.29, 0.717) is 5.16 Å². The summed E-state index contributed by atoms with van der Waals surface area (Å²) in [5.74, 6) is 0.515. The van der Waals surface area contributed by atoms with Gasteiger partial charge in [0.05, 0.1) is 7.11 Å². The van der Waals surface area contributed by atoms with E-state index >= 15 is 0 Å². The van der Waals surface area contributed by atoms with Crippen molar-refractivity contribution in [2.45, 2.75) is 31.2 Å². The first kappa shape index (κ1) is 14.6. The third-order valence-corrected chi connectivity index (χ3v) is 3.89. The first-order chi connectivity index (χ1) is 9.52. The molecule has 20 heavy (non-hydrogen) atoms.